The lowest BCUT2D eigenvalue weighted by molar-refractivity contribution is 0.0877. The molecule has 1 aromatic heterocycles. The van der Waals surface area contributed by atoms with Crippen LogP contribution in [0.2, 0.25) is 5.02 Å². The second-order valence-electron chi connectivity index (χ2n) is 8.45. The van der Waals surface area contributed by atoms with Gasteiger partial charge in [-0.1, -0.05) is 28.9 Å². The summed E-state index contributed by atoms with van der Waals surface area (Å²) in [7, 11) is 1.40. The quantitative estimate of drug-likeness (QED) is 0.501. The van der Waals surface area contributed by atoms with Crippen LogP contribution in [-0.2, 0) is 4.74 Å². The Morgan fingerprint density at radius 2 is 2.14 bits per heavy atom. The SMILES string of the molecule is COc1ccc(-c2noc(C3=C(C)N(CC4CCCO4)C(=O)NC3c3cccc(Cl)c3)n2)cc1F. The van der Waals surface area contributed by atoms with Crippen LogP contribution in [0.3, 0.4) is 0 Å². The second-order valence-corrected chi connectivity index (χ2v) is 8.89. The van der Waals surface area contributed by atoms with Gasteiger partial charge in [0.2, 0.25) is 5.82 Å². The average Bonchev–Trinajstić information content (AvgIpc) is 3.54. The lowest BCUT2D eigenvalue weighted by Crippen LogP contribution is -2.48. The van der Waals surface area contributed by atoms with E-state index in [1.165, 1.54) is 19.2 Å². The van der Waals surface area contributed by atoms with Gasteiger partial charge >= 0.3 is 6.03 Å². The predicted molar refractivity (Wildman–Crippen MR) is 127 cm³/mol. The van der Waals surface area contributed by atoms with Gasteiger partial charge in [0.05, 0.1) is 31.4 Å². The molecule has 1 saturated heterocycles. The number of aromatic nitrogens is 2. The van der Waals surface area contributed by atoms with E-state index in [9.17, 15) is 9.18 Å². The number of rotatable bonds is 6. The third-order valence-electron chi connectivity index (χ3n) is 6.25. The van der Waals surface area contributed by atoms with Gasteiger partial charge in [-0.05, 0) is 55.7 Å². The van der Waals surface area contributed by atoms with E-state index in [4.69, 9.17) is 25.6 Å². The van der Waals surface area contributed by atoms with E-state index in [0.29, 0.717) is 35.0 Å². The van der Waals surface area contributed by atoms with E-state index in [1.54, 1.807) is 23.1 Å². The van der Waals surface area contributed by atoms with Crippen molar-refractivity contribution >= 4 is 23.2 Å². The van der Waals surface area contributed by atoms with Crippen molar-refractivity contribution in [2.24, 2.45) is 0 Å². The number of hydrogen-bond acceptors (Lipinski definition) is 6. The Bertz CT molecular complexity index is 1290. The van der Waals surface area contributed by atoms with Crippen LogP contribution in [0.4, 0.5) is 9.18 Å². The van der Waals surface area contributed by atoms with Gasteiger partial charge in [-0.2, -0.15) is 4.98 Å². The third kappa shape index (κ3) is 4.61. The summed E-state index contributed by atoms with van der Waals surface area (Å²) >= 11 is 6.24. The molecule has 3 heterocycles. The lowest BCUT2D eigenvalue weighted by atomic mass is 9.94. The van der Waals surface area contributed by atoms with E-state index in [1.807, 2.05) is 19.1 Å². The van der Waals surface area contributed by atoms with Crippen molar-refractivity contribution in [2.45, 2.75) is 31.9 Å². The highest BCUT2D eigenvalue weighted by Gasteiger charge is 2.37. The Hall–Kier alpha value is -3.43. The molecule has 0 aliphatic carbocycles. The number of benzene rings is 2. The molecule has 0 radical (unpaired) electrons. The zero-order valence-corrected chi connectivity index (χ0v) is 20.0. The fraction of sp³-hybridized carbons (Fsp3) is 0.320. The molecule has 8 nitrogen and oxygen atoms in total. The van der Waals surface area contributed by atoms with Crippen LogP contribution in [0, 0.1) is 5.82 Å². The van der Waals surface area contributed by atoms with Gasteiger partial charge in [-0.25, -0.2) is 9.18 Å². The minimum atomic E-state index is -0.567. The average molecular weight is 499 g/mol. The minimum Gasteiger partial charge on any atom is -0.494 e. The van der Waals surface area contributed by atoms with E-state index >= 15 is 0 Å². The van der Waals surface area contributed by atoms with Crippen molar-refractivity contribution in [3.63, 3.8) is 0 Å². The van der Waals surface area contributed by atoms with Gasteiger partial charge in [0.1, 0.15) is 0 Å². The molecule has 0 saturated carbocycles. The number of allylic oxidation sites excluding steroid dienone is 1. The number of urea groups is 1. The Morgan fingerprint density at radius 3 is 2.86 bits per heavy atom. The first-order valence-electron chi connectivity index (χ1n) is 11.3. The number of carbonyl (C=O) groups excluding carboxylic acids is 1. The molecule has 10 heteroatoms. The summed E-state index contributed by atoms with van der Waals surface area (Å²) in [5.74, 6) is 0.0262. The fourth-order valence-electron chi connectivity index (χ4n) is 4.46. The normalized spacial score (nSPS) is 20.3. The fourth-order valence-corrected chi connectivity index (χ4v) is 4.66. The number of ether oxygens (including phenoxy) is 2. The smallest absolute Gasteiger partial charge is 0.322 e. The summed E-state index contributed by atoms with van der Waals surface area (Å²) < 4.78 is 30.7. The molecule has 0 bridgehead atoms. The molecule has 2 aliphatic heterocycles. The Labute approximate surface area is 206 Å². The van der Waals surface area contributed by atoms with Crippen LogP contribution in [0.5, 0.6) is 5.75 Å². The maximum absolute atomic E-state index is 14.3. The van der Waals surface area contributed by atoms with Crippen LogP contribution in [-0.4, -0.2) is 47.4 Å². The number of nitrogens with zero attached hydrogens (tertiary/aromatic N) is 3. The van der Waals surface area contributed by atoms with E-state index in [0.717, 1.165) is 18.4 Å². The van der Waals surface area contributed by atoms with E-state index in [2.05, 4.69) is 15.5 Å². The first-order valence-corrected chi connectivity index (χ1v) is 11.7. The molecule has 5 rings (SSSR count). The summed E-state index contributed by atoms with van der Waals surface area (Å²) in [4.78, 5) is 19.3. The number of halogens is 2. The third-order valence-corrected chi connectivity index (χ3v) is 6.49. The highest BCUT2D eigenvalue weighted by atomic mass is 35.5. The van der Waals surface area contributed by atoms with Crippen molar-refractivity contribution in [3.05, 3.63) is 70.5 Å². The Kier molecular flexibility index (Phi) is 6.44. The van der Waals surface area contributed by atoms with E-state index in [-0.39, 0.29) is 29.6 Å². The summed E-state index contributed by atoms with van der Waals surface area (Å²) in [6, 6.07) is 10.9. The number of hydrogen-bond donors (Lipinski definition) is 1. The molecular weight excluding hydrogens is 475 g/mol. The van der Waals surface area contributed by atoms with Crippen molar-refractivity contribution in [3.8, 4) is 17.1 Å². The lowest BCUT2D eigenvalue weighted by Gasteiger charge is -2.36. The molecule has 3 aromatic rings. The first kappa shape index (κ1) is 23.3. The zero-order chi connectivity index (χ0) is 24.5. The summed E-state index contributed by atoms with van der Waals surface area (Å²) in [6.07, 6.45) is 1.81. The van der Waals surface area contributed by atoms with Gasteiger partial charge < -0.3 is 19.3 Å². The van der Waals surface area contributed by atoms with Crippen LogP contribution in [0.25, 0.3) is 17.0 Å². The largest absolute Gasteiger partial charge is 0.494 e. The molecule has 35 heavy (non-hydrogen) atoms. The molecular formula is C25H24ClFN4O4. The van der Waals surface area contributed by atoms with Crippen molar-refractivity contribution in [1.82, 2.24) is 20.4 Å². The molecule has 182 valence electrons. The Balaban J connectivity index is 1.57. The van der Waals surface area contributed by atoms with Gasteiger partial charge in [-0.15, -0.1) is 0 Å². The highest BCUT2D eigenvalue weighted by molar-refractivity contribution is 6.30. The summed E-state index contributed by atoms with van der Waals surface area (Å²) in [5.41, 5.74) is 2.52. The topological polar surface area (TPSA) is 89.7 Å². The van der Waals surface area contributed by atoms with Crippen molar-refractivity contribution < 1.29 is 23.2 Å². The second kappa shape index (κ2) is 9.67. The number of amides is 2. The van der Waals surface area contributed by atoms with Gasteiger partial charge in [0.15, 0.2) is 11.6 Å². The van der Waals surface area contributed by atoms with Gasteiger partial charge in [-0.3, -0.25) is 4.90 Å². The maximum Gasteiger partial charge on any atom is 0.322 e. The molecule has 2 atom stereocenters. The Morgan fingerprint density at radius 1 is 1.29 bits per heavy atom. The van der Waals surface area contributed by atoms with E-state index < -0.39 is 11.9 Å². The van der Waals surface area contributed by atoms with Crippen molar-refractivity contribution in [2.75, 3.05) is 20.3 Å². The number of carbonyl (C=O) groups is 1. The van der Waals surface area contributed by atoms with Crippen LogP contribution in [0.15, 0.2) is 52.7 Å². The van der Waals surface area contributed by atoms with Crippen LogP contribution >= 0.6 is 11.6 Å². The maximum atomic E-state index is 14.3. The molecule has 2 amide bonds. The summed E-state index contributed by atoms with van der Waals surface area (Å²) in [6.45, 7) is 2.94. The summed E-state index contributed by atoms with van der Waals surface area (Å²) in [5, 5.41) is 7.66. The molecule has 1 N–H and O–H groups in total. The molecule has 2 aliphatic rings. The molecule has 2 aromatic carbocycles. The molecule has 0 spiro atoms. The van der Waals surface area contributed by atoms with Gasteiger partial charge in [0.25, 0.3) is 5.89 Å². The first-order chi connectivity index (χ1) is 16.9. The van der Waals surface area contributed by atoms with Crippen LogP contribution < -0.4 is 10.1 Å². The highest BCUT2D eigenvalue weighted by Crippen LogP contribution is 2.38. The van der Waals surface area contributed by atoms with Crippen LogP contribution in [0.1, 0.15) is 37.3 Å². The standard InChI is InChI=1S/C25H24ClFN4O4/c1-14-21(24-29-23(30-35-24)16-8-9-20(33-2)19(27)12-16)22(15-5-3-6-17(26)11-15)28-25(32)31(14)13-18-7-4-10-34-18/h3,5-6,8-9,11-12,18,22H,4,7,10,13H2,1-2H3,(H,28,32). The molecule has 1 fully saturated rings. The minimum absolute atomic E-state index is 0.0415. The van der Waals surface area contributed by atoms with Gasteiger partial charge in [0, 0.05) is 22.9 Å². The monoisotopic (exact) mass is 498 g/mol. The van der Waals surface area contributed by atoms with Crippen molar-refractivity contribution in [1.29, 1.82) is 0 Å². The molecule has 2 unspecified atom stereocenters. The number of nitrogens with one attached hydrogen (secondary N) is 1. The number of methoxy groups -OCH3 is 1. The predicted octanol–water partition coefficient (Wildman–Crippen LogP) is 5.21. The zero-order valence-electron chi connectivity index (χ0n) is 19.3.